The van der Waals surface area contributed by atoms with E-state index >= 15 is 0 Å². The fourth-order valence-corrected chi connectivity index (χ4v) is 1.98. The van der Waals surface area contributed by atoms with Gasteiger partial charge in [-0.05, 0) is 24.1 Å². The molecule has 1 aromatic rings. The minimum Gasteiger partial charge on any atom is -0.365 e. The minimum atomic E-state index is -0.510. The van der Waals surface area contributed by atoms with E-state index in [4.69, 9.17) is 10.5 Å². The van der Waals surface area contributed by atoms with Crippen LogP contribution in [0.4, 0.5) is 14.5 Å². The van der Waals surface area contributed by atoms with Crippen molar-refractivity contribution in [3.63, 3.8) is 0 Å². The molecule has 5 heteroatoms. The molecule has 0 spiro atoms. The van der Waals surface area contributed by atoms with Gasteiger partial charge in [-0.15, -0.1) is 0 Å². The lowest BCUT2D eigenvalue weighted by Gasteiger charge is -2.17. The Kier molecular flexibility index (Phi) is 3.25. The van der Waals surface area contributed by atoms with Gasteiger partial charge >= 0.3 is 0 Å². The van der Waals surface area contributed by atoms with Gasteiger partial charge in [-0.25, -0.2) is 8.78 Å². The fraction of sp³-hybridized carbons (Fsp3) is 0.231. The maximum atomic E-state index is 13.6. The maximum absolute atomic E-state index is 13.6. The third kappa shape index (κ3) is 2.16. The van der Waals surface area contributed by atoms with Crippen LogP contribution in [0.1, 0.15) is 6.42 Å². The van der Waals surface area contributed by atoms with Crippen LogP contribution in [-0.4, -0.2) is 13.1 Å². The lowest BCUT2D eigenvalue weighted by Crippen LogP contribution is -2.19. The zero-order chi connectivity index (χ0) is 13.1. The molecular formula is C13H9F2N3. The van der Waals surface area contributed by atoms with Gasteiger partial charge in [-0.3, -0.25) is 0 Å². The van der Waals surface area contributed by atoms with Crippen molar-refractivity contribution in [2.24, 2.45) is 0 Å². The number of halogens is 2. The Hall–Kier alpha value is -2.40. The van der Waals surface area contributed by atoms with E-state index in [2.05, 4.69) is 0 Å². The molecule has 2 rings (SSSR count). The summed E-state index contributed by atoms with van der Waals surface area (Å²) in [6.45, 7) is 0.763. The number of rotatable bonds is 1. The van der Waals surface area contributed by atoms with Crippen LogP contribution < -0.4 is 4.90 Å². The van der Waals surface area contributed by atoms with Crippen LogP contribution in [0.5, 0.6) is 0 Å². The van der Waals surface area contributed by atoms with Crippen LogP contribution in [-0.2, 0) is 0 Å². The summed E-state index contributed by atoms with van der Waals surface area (Å²) in [7, 11) is 0. The topological polar surface area (TPSA) is 50.8 Å². The molecule has 1 fully saturated rings. The van der Waals surface area contributed by atoms with Crippen molar-refractivity contribution in [2.75, 3.05) is 18.0 Å². The number of allylic oxidation sites excluding steroid dienone is 1. The Balaban J connectivity index is 2.30. The first-order valence-corrected chi connectivity index (χ1v) is 5.38. The largest absolute Gasteiger partial charge is 0.365 e. The normalized spacial score (nSPS) is 14.2. The summed E-state index contributed by atoms with van der Waals surface area (Å²) in [5.74, 6) is -1.02. The molecule has 0 amide bonds. The summed E-state index contributed by atoms with van der Waals surface area (Å²) in [6.07, 6.45) is 0.520. The molecule has 1 aromatic carbocycles. The zero-order valence-corrected chi connectivity index (χ0v) is 9.45. The van der Waals surface area contributed by atoms with Gasteiger partial charge in [0.1, 0.15) is 29.3 Å². The van der Waals surface area contributed by atoms with Crippen LogP contribution in [0.15, 0.2) is 29.3 Å². The minimum absolute atomic E-state index is 0.0642. The van der Waals surface area contributed by atoms with Crippen molar-refractivity contribution < 1.29 is 8.78 Å². The van der Waals surface area contributed by atoms with Gasteiger partial charge < -0.3 is 4.90 Å². The van der Waals surface area contributed by atoms with Crippen molar-refractivity contribution in [2.45, 2.75) is 6.42 Å². The Morgan fingerprint density at radius 3 is 2.61 bits per heavy atom. The molecule has 0 aliphatic carbocycles. The second-order valence-electron chi connectivity index (χ2n) is 3.97. The monoisotopic (exact) mass is 245 g/mol. The summed E-state index contributed by atoms with van der Waals surface area (Å²) in [5.41, 5.74) is 0.901. The third-order valence-corrected chi connectivity index (χ3v) is 2.89. The molecule has 0 N–H and O–H groups in total. The van der Waals surface area contributed by atoms with Crippen molar-refractivity contribution in [1.82, 2.24) is 0 Å². The molecular weight excluding hydrogens is 236 g/mol. The van der Waals surface area contributed by atoms with E-state index in [1.807, 2.05) is 12.1 Å². The molecule has 0 saturated carbocycles. The predicted molar refractivity (Wildman–Crippen MR) is 61.4 cm³/mol. The highest BCUT2D eigenvalue weighted by Gasteiger charge is 2.22. The van der Waals surface area contributed by atoms with Crippen molar-refractivity contribution in [3.05, 3.63) is 41.0 Å². The summed E-state index contributed by atoms with van der Waals surface area (Å²) in [5, 5.41) is 17.5. The van der Waals surface area contributed by atoms with E-state index in [1.165, 1.54) is 0 Å². The quantitative estimate of drug-likeness (QED) is 0.714. The van der Waals surface area contributed by atoms with E-state index in [1.54, 1.807) is 4.90 Å². The van der Waals surface area contributed by atoms with E-state index in [0.29, 0.717) is 18.5 Å². The average molecular weight is 245 g/mol. The summed E-state index contributed by atoms with van der Waals surface area (Å²) in [4.78, 5) is 1.63. The molecule has 1 saturated heterocycles. The summed E-state index contributed by atoms with van der Waals surface area (Å²) in [6, 6.07) is 6.88. The SMILES string of the molecule is N#CC(C#N)=C1CCN(c2cc(F)ccc2F)C1. The van der Waals surface area contributed by atoms with Crippen LogP contribution in [0.25, 0.3) is 0 Å². The molecule has 1 aliphatic heterocycles. The van der Waals surface area contributed by atoms with Crippen molar-refractivity contribution in [1.29, 1.82) is 10.5 Å². The van der Waals surface area contributed by atoms with Gasteiger partial charge in [0.2, 0.25) is 0 Å². The molecule has 0 radical (unpaired) electrons. The smallest absolute Gasteiger partial charge is 0.146 e. The molecule has 0 unspecified atom stereocenters. The van der Waals surface area contributed by atoms with Crippen LogP contribution in [0.2, 0.25) is 0 Å². The van der Waals surface area contributed by atoms with Crippen molar-refractivity contribution in [3.8, 4) is 12.1 Å². The summed E-state index contributed by atoms with van der Waals surface area (Å²) >= 11 is 0. The Morgan fingerprint density at radius 1 is 1.22 bits per heavy atom. The molecule has 0 atom stereocenters. The first kappa shape index (κ1) is 12.1. The fourth-order valence-electron chi connectivity index (χ4n) is 1.98. The molecule has 3 nitrogen and oxygen atoms in total. The molecule has 1 heterocycles. The number of anilines is 1. The van der Waals surface area contributed by atoms with E-state index in [-0.39, 0.29) is 17.8 Å². The highest BCUT2D eigenvalue weighted by Crippen LogP contribution is 2.27. The van der Waals surface area contributed by atoms with E-state index in [0.717, 1.165) is 18.2 Å². The lowest BCUT2D eigenvalue weighted by atomic mass is 10.1. The number of nitrogens with zero attached hydrogens (tertiary/aromatic N) is 3. The first-order chi connectivity index (χ1) is 8.65. The van der Waals surface area contributed by atoms with Crippen LogP contribution in [0, 0.1) is 34.3 Å². The molecule has 0 aromatic heterocycles. The van der Waals surface area contributed by atoms with Crippen molar-refractivity contribution >= 4 is 5.69 Å². The zero-order valence-electron chi connectivity index (χ0n) is 9.45. The highest BCUT2D eigenvalue weighted by atomic mass is 19.1. The maximum Gasteiger partial charge on any atom is 0.146 e. The lowest BCUT2D eigenvalue weighted by molar-refractivity contribution is 0.597. The van der Waals surface area contributed by atoms with E-state index in [9.17, 15) is 8.78 Å². The van der Waals surface area contributed by atoms with Gasteiger partial charge in [-0.1, -0.05) is 0 Å². The number of nitriles is 2. The van der Waals surface area contributed by atoms with E-state index < -0.39 is 11.6 Å². The highest BCUT2D eigenvalue weighted by molar-refractivity contribution is 5.54. The number of hydrogen-bond donors (Lipinski definition) is 0. The Morgan fingerprint density at radius 2 is 1.94 bits per heavy atom. The Labute approximate surface area is 103 Å². The molecule has 1 aliphatic rings. The Bertz CT molecular complexity index is 577. The predicted octanol–water partition coefficient (Wildman–Crippen LogP) is 2.52. The molecule has 90 valence electrons. The second kappa shape index (κ2) is 4.85. The standard InChI is InChI=1S/C13H9F2N3/c14-11-1-2-12(15)13(5-11)18-4-3-9(8-18)10(6-16)7-17/h1-2,5H,3-4,8H2. The number of hydrogen-bond acceptors (Lipinski definition) is 3. The van der Waals surface area contributed by atoms with Gasteiger partial charge in [0.25, 0.3) is 0 Å². The molecule has 0 bridgehead atoms. The van der Waals surface area contributed by atoms with Gasteiger partial charge in [0, 0.05) is 19.2 Å². The number of benzene rings is 1. The van der Waals surface area contributed by atoms with Crippen LogP contribution >= 0.6 is 0 Å². The van der Waals surface area contributed by atoms with Gasteiger partial charge in [-0.2, -0.15) is 10.5 Å². The summed E-state index contributed by atoms with van der Waals surface area (Å²) < 4.78 is 26.6. The molecule has 18 heavy (non-hydrogen) atoms. The van der Waals surface area contributed by atoms with Gasteiger partial charge in [0.05, 0.1) is 5.69 Å². The van der Waals surface area contributed by atoms with Crippen LogP contribution in [0.3, 0.4) is 0 Å². The first-order valence-electron chi connectivity index (χ1n) is 5.38. The third-order valence-electron chi connectivity index (χ3n) is 2.89. The second-order valence-corrected chi connectivity index (χ2v) is 3.97. The average Bonchev–Trinajstić information content (AvgIpc) is 2.83. The van der Waals surface area contributed by atoms with Gasteiger partial charge in [0.15, 0.2) is 0 Å².